The number of nitrogens with zero attached hydrogens (tertiary/aromatic N) is 3. The van der Waals surface area contributed by atoms with Crippen molar-refractivity contribution in [1.82, 2.24) is 14.9 Å². The van der Waals surface area contributed by atoms with Gasteiger partial charge in [0.2, 0.25) is 5.91 Å². The number of amides is 1. The average Bonchev–Trinajstić information content (AvgIpc) is 3.00. The smallest absolute Gasteiger partial charge is 0.224 e. The van der Waals surface area contributed by atoms with Gasteiger partial charge < -0.3 is 10.2 Å². The van der Waals surface area contributed by atoms with E-state index in [0.29, 0.717) is 13.0 Å². The molecule has 4 rings (SSSR count). The van der Waals surface area contributed by atoms with Crippen LogP contribution in [0.25, 0.3) is 11.0 Å². The number of benzene rings is 2. The minimum Gasteiger partial charge on any atom is -0.364 e. The highest BCUT2D eigenvalue weighted by Crippen LogP contribution is 2.18. The fraction of sp³-hybridized carbons (Fsp3) is 0.250. The molecule has 5 heteroatoms. The van der Waals surface area contributed by atoms with Crippen molar-refractivity contribution in [2.75, 3.05) is 18.4 Å². The van der Waals surface area contributed by atoms with Gasteiger partial charge in [-0.1, -0.05) is 42.5 Å². The van der Waals surface area contributed by atoms with E-state index in [1.165, 1.54) is 5.56 Å². The van der Waals surface area contributed by atoms with Gasteiger partial charge in [0.05, 0.1) is 23.3 Å². The van der Waals surface area contributed by atoms with Crippen molar-refractivity contribution in [3.05, 3.63) is 66.4 Å². The van der Waals surface area contributed by atoms with Gasteiger partial charge in [-0.3, -0.25) is 9.78 Å². The summed E-state index contributed by atoms with van der Waals surface area (Å²) in [6.07, 6.45) is 3.12. The van der Waals surface area contributed by atoms with Crippen LogP contribution in [0.4, 0.5) is 5.82 Å². The predicted molar refractivity (Wildman–Crippen MR) is 98.3 cm³/mol. The van der Waals surface area contributed by atoms with Crippen molar-refractivity contribution in [2.24, 2.45) is 0 Å². The summed E-state index contributed by atoms with van der Waals surface area (Å²) in [7, 11) is 0. The minimum atomic E-state index is 0.0822. The van der Waals surface area contributed by atoms with Crippen LogP contribution in [-0.4, -0.2) is 39.9 Å². The molecule has 0 bridgehead atoms. The predicted octanol–water partition coefficient (Wildman–Crippen LogP) is 2.89. The first-order valence-corrected chi connectivity index (χ1v) is 8.58. The van der Waals surface area contributed by atoms with Gasteiger partial charge in [-0.25, -0.2) is 4.98 Å². The largest absolute Gasteiger partial charge is 0.364 e. The molecule has 1 aliphatic rings. The summed E-state index contributed by atoms with van der Waals surface area (Å²) in [6, 6.07) is 18.1. The molecule has 5 nitrogen and oxygen atoms in total. The van der Waals surface area contributed by atoms with Gasteiger partial charge in [-0.2, -0.15) is 0 Å². The molecule has 1 aromatic heterocycles. The molecule has 1 fully saturated rings. The van der Waals surface area contributed by atoms with Gasteiger partial charge in [0, 0.05) is 19.5 Å². The second kappa shape index (κ2) is 6.89. The molecule has 0 saturated carbocycles. The standard InChI is InChI=1S/C20H20N4O/c25-20-12-16(14-24(20)11-10-15-6-2-1-3-7-15)22-19-13-21-17-8-4-5-9-18(17)23-19/h1-9,13,16H,10-12,14H2,(H,22,23)/t16-/m0/s1. The van der Waals surface area contributed by atoms with E-state index >= 15 is 0 Å². The zero-order chi connectivity index (χ0) is 17.1. The molecule has 1 aliphatic heterocycles. The van der Waals surface area contributed by atoms with Crippen LogP contribution in [0.5, 0.6) is 0 Å². The molecular formula is C20H20N4O. The van der Waals surface area contributed by atoms with Crippen LogP contribution in [0, 0.1) is 0 Å². The number of nitrogens with one attached hydrogen (secondary N) is 1. The summed E-state index contributed by atoms with van der Waals surface area (Å²) < 4.78 is 0. The molecule has 0 radical (unpaired) electrons. The molecule has 1 N–H and O–H groups in total. The number of hydrogen-bond acceptors (Lipinski definition) is 4. The fourth-order valence-electron chi connectivity index (χ4n) is 3.23. The van der Waals surface area contributed by atoms with Crippen LogP contribution < -0.4 is 5.32 Å². The Hall–Kier alpha value is -2.95. The van der Waals surface area contributed by atoms with E-state index < -0.39 is 0 Å². The van der Waals surface area contributed by atoms with E-state index in [2.05, 4.69) is 27.4 Å². The van der Waals surface area contributed by atoms with Crippen LogP contribution in [0.3, 0.4) is 0 Å². The number of anilines is 1. The highest BCUT2D eigenvalue weighted by Gasteiger charge is 2.29. The molecule has 1 saturated heterocycles. The van der Waals surface area contributed by atoms with E-state index in [4.69, 9.17) is 0 Å². The number of hydrogen-bond donors (Lipinski definition) is 1. The summed E-state index contributed by atoms with van der Waals surface area (Å²) >= 11 is 0. The Morgan fingerprint density at radius 3 is 2.64 bits per heavy atom. The Labute approximate surface area is 146 Å². The third kappa shape index (κ3) is 3.60. The molecule has 0 aliphatic carbocycles. The van der Waals surface area contributed by atoms with E-state index in [1.54, 1.807) is 6.20 Å². The SMILES string of the molecule is O=C1C[C@H](Nc2cnc3ccccc3n2)CN1CCc1ccccc1. The molecule has 3 aromatic rings. The van der Waals surface area contributed by atoms with E-state index in [-0.39, 0.29) is 11.9 Å². The molecule has 126 valence electrons. The highest BCUT2D eigenvalue weighted by atomic mass is 16.2. The van der Waals surface area contributed by atoms with Crippen LogP contribution >= 0.6 is 0 Å². The Morgan fingerprint density at radius 2 is 1.80 bits per heavy atom. The molecule has 0 spiro atoms. The first-order valence-electron chi connectivity index (χ1n) is 8.58. The number of likely N-dealkylation sites (tertiary alicyclic amines) is 1. The lowest BCUT2D eigenvalue weighted by Crippen LogP contribution is -2.30. The zero-order valence-electron chi connectivity index (χ0n) is 13.9. The lowest BCUT2D eigenvalue weighted by atomic mass is 10.1. The highest BCUT2D eigenvalue weighted by molar-refractivity contribution is 5.80. The number of fused-ring (bicyclic) bond motifs is 1. The Bertz CT molecular complexity index is 881. The van der Waals surface area contributed by atoms with E-state index in [9.17, 15) is 4.79 Å². The maximum absolute atomic E-state index is 12.3. The molecule has 1 atom stereocenters. The number of aromatic nitrogens is 2. The molecule has 2 heterocycles. The molecule has 25 heavy (non-hydrogen) atoms. The minimum absolute atomic E-state index is 0.0822. The second-order valence-electron chi connectivity index (χ2n) is 6.36. The van der Waals surface area contributed by atoms with Gasteiger partial charge in [-0.15, -0.1) is 0 Å². The summed E-state index contributed by atoms with van der Waals surface area (Å²) in [5.74, 6) is 0.920. The van der Waals surface area contributed by atoms with Crippen molar-refractivity contribution in [3.8, 4) is 0 Å². The summed E-state index contributed by atoms with van der Waals surface area (Å²) in [5, 5.41) is 3.36. The van der Waals surface area contributed by atoms with Gasteiger partial charge in [0.1, 0.15) is 5.82 Å². The first kappa shape index (κ1) is 15.6. The topological polar surface area (TPSA) is 58.1 Å². The summed E-state index contributed by atoms with van der Waals surface area (Å²) in [6.45, 7) is 1.46. The first-order chi connectivity index (χ1) is 12.3. The number of carbonyl (C=O) groups is 1. The van der Waals surface area contributed by atoms with Crippen LogP contribution in [-0.2, 0) is 11.2 Å². The van der Waals surface area contributed by atoms with Crippen LogP contribution in [0.15, 0.2) is 60.8 Å². The molecular weight excluding hydrogens is 312 g/mol. The Kier molecular flexibility index (Phi) is 4.29. The van der Waals surface area contributed by atoms with E-state index in [1.807, 2.05) is 47.4 Å². The quantitative estimate of drug-likeness (QED) is 0.780. The average molecular weight is 332 g/mol. The monoisotopic (exact) mass is 332 g/mol. The van der Waals surface area contributed by atoms with Gasteiger partial charge in [0.15, 0.2) is 0 Å². The molecule has 2 aromatic carbocycles. The third-order valence-electron chi connectivity index (χ3n) is 4.53. The maximum Gasteiger partial charge on any atom is 0.224 e. The molecule has 1 amide bonds. The van der Waals surface area contributed by atoms with Crippen molar-refractivity contribution in [3.63, 3.8) is 0 Å². The van der Waals surface area contributed by atoms with Crippen molar-refractivity contribution in [1.29, 1.82) is 0 Å². The van der Waals surface area contributed by atoms with Gasteiger partial charge in [0.25, 0.3) is 0 Å². The number of carbonyl (C=O) groups excluding carboxylic acids is 1. The maximum atomic E-state index is 12.3. The van der Waals surface area contributed by atoms with Crippen molar-refractivity contribution in [2.45, 2.75) is 18.9 Å². The Balaban J connectivity index is 1.38. The third-order valence-corrected chi connectivity index (χ3v) is 4.53. The second-order valence-corrected chi connectivity index (χ2v) is 6.36. The number of para-hydroxylation sites is 2. The molecule has 0 unspecified atom stereocenters. The Morgan fingerprint density at radius 1 is 1.04 bits per heavy atom. The lowest BCUT2D eigenvalue weighted by molar-refractivity contribution is -0.127. The summed E-state index contributed by atoms with van der Waals surface area (Å²) in [4.78, 5) is 23.2. The zero-order valence-corrected chi connectivity index (χ0v) is 13.9. The normalized spacial score (nSPS) is 17.2. The van der Waals surface area contributed by atoms with Crippen LogP contribution in [0.1, 0.15) is 12.0 Å². The lowest BCUT2D eigenvalue weighted by Gasteiger charge is -2.17. The van der Waals surface area contributed by atoms with Crippen LogP contribution in [0.2, 0.25) is 0 Å². The number of rotatable bonds is 5. The van der Waals surface area contributed by atoms with E-state index in [0.717, 1.165) is 29.8 Å². The van der Waals surface area contributed by atoms with Gasteiger partial charge >= 0.3 is 0 Å². The van der Waals surface area contributed by atoms with Crippen molar-refractivity contribution < 1.29 is 4.79 Å². The fourth-order valence-corrected chi connectivity index (χ4v) is 3.23. The van der Waals surface area contributed by atoms with Gasteiger partial charge in [-0.05, 0) is 24.1 Å². The summed E-state index contributed by atoms with van der Waals surface area (Å²) in [5.41, 5.74) is 2.99. The van der Waals surface area contributed by atoms with Crippen molar-refractivity contribution >= 4 is 22.8 Å².